The summed E-state index contributed by atoms with van der Waals surface area (Å²) in [5, 5.41) is 25.6. The lowest BCUT2D eigenvalue weighted by molar-refractivity contribution is -0.144. The van der Waals surface area contributed by atoms with Gasteiger partial charge >= 0.3 is 11.5 Å². The minimum Gasteiger partial charge on any atom is -0.391 e. The molecular weight excluding hydrogens is 1570 g/mol. The summed E-state index contributed by atoms with van der Waals surface area (Å²) in [6.07, 6.45) is 2.44. The van der Waals surface area contributed by atoms with Crippen molar-refractivity contribution in [1.29, 1.82) is 0 Å². The Morgan fingerprint density at radius 3 is 2.05 bits per heavy atom. The van der Waals surface area contributed by atoms with Crippen molar-refractivity contribution < 1.29 is 73.4 Å². The molecule has 4 aliphatic rings. The number of nitrogens with zero attached hydrogens (tertiary/aromatic N) is 6. The number of amides is 7. The Balaban J connectivity index is 0.624. The third-order valence-electron chi connectivity index (χ3n) is 20.8. The van der Waals surface area contributed by atoms with Gasteiger partial charge in [-0.15, -0.1) is 23.1 Å². The number of sulfone groups is 1. The fraction of sp³-hybridized carbons (Fsp3) is 0.494. The summed E-state index contributed by atoms with van der Waals surface area (Å²) in [6.45, 7) is 18.9. The normalized spacial score (nSPS) is 17.8. The van der Waals surface area contributed by atoms with Crippen LogP contribution in [0.25, 0.3) is 16.0 Å². The van der Waals surface area contributed by atoms with E-state index in [1.165, 1.54) is 45.5 Å². The van der Waals surface area contributed by atoms with Gasteiger partial charge in [-0.25, -0.2) is 31.3 Å². The van der Waals surface area contributed by atoms with E-state index in [0.717, 1.165) is 83.3 Å². The highest BCUT2D eigenvalue weighted by Gasteiger charge is 2.49. The van der Waals surface area contributed by atoms with Gasteiger partial charge in [-0.1, -0.05) is 106 Å². The number of β-amino-alcohol motifs (C(OH)–C–C–N with tert-alkyl or cyclic N) is 1. The summed E-state index contributed by atoms with van der Waals surface area (Å²) < 4.78 is 112. The predicted molar refractivity (Wildman–Crippen MR) is 436 cm³/mol. The van der Waals surface area contributed by atoms with E-state index in [1.807, 2.05) is 78.4 Å². The predicted octanol–water partition coefficient (Wildman–Crippen LogP) is 10.4. The summed E-state index contributed by atoms with van der Waals surface area (Å²) >= 11 is 9.27. The number of halogens is 4. The molecule has 0 saturated carbocycles. The number of aliphatic hydroxyl groups excluding tert-OH is 1. The lowest BCUT2D eigenvalue weighted by Gasteiger charge is -2.39. The number of aliphatic hydroxyl groups is 1. The molecule has 1 aromatic heterocycles. The lowest BCUT2D eigenvalue weighted by atomic mass is 9.73. The van der Waals surface area contributed by atoms with Gasteiger partial charge in [-0.2, -0.15) is 13.2 Å². The maximum absolute atomic E-state index is 14.6. The third-order valence-corrected chi connectivity index (χ3v) is 25.9. The zero-order valence-corrected chi connectivity index (χ0v) is 69.2. The topological polar surface area (TPSA) is 311 Å². The largest absolute Gasteiger partial charge is 0.501 e. The van der Waals surface area contributed by atoms with Crippen molar-refractivity contribution in [3.05, 3.63) is 160 Å². The molecule has 33 heteroatoms. The van der Waals surface area contributed by atoms with E-state index in [-0.39, 0.29) is 88.9 Å². The summed E-state index contributed by atoms with van der Waals surface area (Å²) in [5.41, 5.74) is 2.43. The Morgan fingerprint density at radius 2 is 1.40 bits per heavy atom. The van der Waals surface area contributed by atoms with E-state index in [2.05, 4.69) is 72.2 Å². The molecule has 5 aromatic carbocycles. The SMILES string of the molecule is Cc1ncsc1-c1ccc(CNC(=O)[C@@H]2C[C@@H](O)CN2C(=O)[C@@H](NC(=O)CCC(=O)NCCOCCOCCNC(=O)N2CCN(CC[C@H](CCSc3ccccc3)Nc3ccc(S(=O)(=O)NC(=O)c4ccc(N5CCN(CC6=C(c7ccc(Cl)cc7)CCC(C)(C)C6)CC5)cc4)cc3S(=O)(=O)C(F)(F)F)CC2)C(C)(C)C)cc1. The van der Waals surface area contributed by atoms with Crippen LogP contribution in [-0.4, -0.2) is 229 Å². The number of allylic oxidation sites excluding steroid dienone is 1. The molecule has 3 aliphatic heterocycles. The number of thiazole rings is 1. The van der Waals surface area contributed by atoms with E-state index in [4.69, 9.17) is 21.1 Å². The average Bonchev–Trinajstić information content (AvgIpc) is 0.882. The number of carbonyl (C=O) groups is 6. The van der Waals surface area contributed by atoms with Crippen LogP contribution < -0.4 is 36.2 Å². The third kappa shape index (κ3) is 24.9. The van der Waals surface area contributed by atoms with Crippen LogP contribution in [-0.2, 0) is 55.1 Å². The van der Waals surface area contributed by atoms with Crippen molar-refractivity contribution in [3.8, 4) is 10.4 Å². The first-order valence-electron chi connectivity index (χ1n) is 38.4. The first kappa shape index (κ1) is 88.2. The molecule has 1 aliphatic carbocycles. The first-order valence-corrected chi connectivity index (χ1v) is 43.6. The highest BCUT2D eigenvalue weighted by Crippen LogP contribution is 2.44. The molecule has 114 heavy (non-hydrogen) atoms. The van der Waals surface area contributed by atoms with E-state index in [0.29, 0.717) is 75.5 Å². The number of sulfonamides is 1. The molecule has 7 amide bonds. The molecule has 3 saturated heterocycles. The number of carbonyl (C=O) groups excluding carboxylic acids is 6. The second-order valence-corrected chi connectivity index (χ2v) is 37.0. The van der Waals surface area contributed by atoms with Crippen LogP contribution in [0.5, 0.6) is 0 Å². The number of likely N-dealkylation sites (tertiary alicyclic amines) is 1. The fourth-order valence-corrected chi connectivity index (χ4v) is 18.3. The number of aryl methyl sites for hydroxylation is 1. The van der Waals surface area contributed by atoms with Gasteiger partial charge in [0.15, 0.2) is 0 Å². The zero-order valence-electron chi connectivity index (χ0n) is 65.2. The zero-order chi connectivity index (χ0) is 82.0. The molecular formula is C81H104ClF3N12O13S4. The Labute approximate surface area is 679 Å². The van der Waals surface area contributed by atoms with Gasteiger partial charge in [0.1, 0.15) is 17.0 Å². The molecule has 4 heterocycles. The first-order chi connectivity index (χ1) is 54.2. The molecule has 10 rings (SSSR count). The van der Waals surface area contributed by atoms with Crippen molar-refractivity contribution in [1.82, 2.24) is 50.6 Å². The summed E-state index contributed by atoms with van der Waals surface area (Å²) in [7, 11) is -11.1. The fourth-order valence-electron chi connectivity index (χ4n) is 14.3. The number of benzene rings is 5. The van der Waals surface area contributed by atoms with Crippen molar-refractivity contribution in [3.63, 3.8) is 0 Å². The number of thioether (sulfide) groups is 1. The molecule has 6 aromatic rings. The molecule has 0 bridgehead atoms. The van der Waals surface area contributed by atoms with Crippen LogP contribution in [0, 0.1) is 17.8 Å². The maximum Gasteiger partial charge on any atom is 0.501 e. The minimum absolute atomic E-state index is 0.0342. The number of rotatable bonds is 35. The van der Waals surface area contributed by atoms with Gasteiger partial charge in [-0.3, -0.25) is 33.8 Å². The number of urea groups is 1. The minimum atomic E-state index is -6.18. The van der Waals surface area contributed by atoms with Gasteiger partial charge in [0, 0.05) is 138 Å². The van der Waals surface area contributed by atoms with Crippen molar-refractivity contribution in [2.24, 2.45) is 10.8 Å². The molecule has 618 valence electrons. The van der Waals surface area contributed by atoms with Crippen LogP contribution in [0.1, 0.15) is 113 Å². The van der Waals surface area contributed by atoms with Gasteiger partial charge in [-0.05, 0) is 145 Å². The monoisotopic (exact) mass is 1670 g/mol. The Hall–Kier alpha value is -8.18. The van der Waals surface area contributed by atoms with Crippen molar-refractivity contribution in [2.45, 2.75) is 144 Å². The Morgan fingerprint density at radius 1 is 0.754 bits per heavy atom. The van der Waals surface area contributed by atoms with E-state index in [9.17, 15) is 63.9 Å². The van der Waals surface area contributed by atoms with E-state index in [1.54, 1.807) is 54.7 Å². The molecule has 7 N–H and O–H groups in total. The number of hydrogen-bond donors (Lipinski definition) is 7. The number of alkyl halides is 3. The second kappa shape index (κ2) is 40.1. The number of piperazine rings is 2. The van der Waals surface area contributed by atoms with Gasteiger partial charge < -0.3 is 55.9 Å². The summed E-state index contributed by atoms with van der Waals surface area (Å²) in [4.78, 5) is 94.2. The van der Waals surface area contributed by atoms with E-state index >= 15 is 0 Å². The lowest BCUT2D eigenvalue weighted by Crippen LogP contribution is -2.57. The number of hydrogen-bond acceptors (Lipinski definition) is 20. The molecule has 0 spiro atoms. The smallest absolute Gasteiger partial charge is 0.391 e. The van der Waals surface area contributed by atoms with Crippen LogP contribution in [0.3, 0.4) is 0 Å². The maximum atomic E-state index is 14.6. The molecule has 0 radical (unpaired) electrons. The van der Waals surface area contributed by atoms with Crippen LogP contribution in [0.2, 0.25) is 5.02 Å². The number of aromatic nitrogens is 1. The van der Waals surface area contributed by atoms with Gasteiger partial charge in [0.05, 0.1) is 59.2 Å². The van der Waals surface area contributed by atoms with Crippen LogP contribution >= 0.6 is 34.7 Å². The summed E-state index contributed by atoms with van der Waals surface area (Å²) in [6, 6.07) is 30.9. The number of ether oxygens (including phenoxy) is 2. The van der Waals surface area contributed by atoms with Crippen LogP contribution in [0.15, 0.2) is 147 Å². The molecule has 25 nitrogen and oxygen atoms in total. The Bertz CT molecular complexity index is 4540. The highest BCUT2D eigenvalue weighted by molar-refractivity contribution is 7.99. The van der Waals surface area contributed by atoms with Gasteiger partial charge in [0.2, 0.25) is 23.6 Å². The highest BCUT2D eigenvalue weighted by atomic mass is 35.5. The number of anilines is 2. The van der Waals surface area contributed by atoms with Gasteiger partial charge in [0.25, 0.3) is 25.8 Å². The summed E-state index contributed by atoms with van der Waals surface area (Å²) in [5.74, 6) is -2.49. The van der Waals surface area contributed by atoms with E-state index < -0.39 is 100 Å². The average molecular weight is 1670 g/mol. The standard InChI is InChI=1S/C81H104ClF3N12O13S4/c1-55-73(112-54-89-55)58-14-12-56(13-15-58)51-88-76(102)69-48-64(98)53-97(69)77(103)74(79(2,3)4)91-72(100)27-26-71(99)86-32-43-109-45-46-110-44-33-87-78(104)96-41-35-93(36-42-96)34-29-62(30-47-111-65-10-8-7-9-11-65)90-68-25-24-66(49-70(68)113(105,106)81(83,84)85)114(107,108)92-75(101)59-18-22-63(23-19-59)95-39-37-94(38-40-95)52-60-50-80(5,6)31-28-67(60)57-16-20-61(82)21-17-57/h7-25,49,54,62,64,69,74,90,98H,26-48,50-53H2,1-6H3,(H,86,99)(H,87,104)(H,88,102)(H,91,100)(H,92,101)/t62-,64-,69+,74-/m1/s1. The van der Waals surface area contributed by atoms with Crippen LogP contribution in [0.4, 0.5) is 29.3 Å². The van der Waals surface area contributed by atoms with Crippen molar-refractivity contribution >= 4 is 107 Å². The quantitative estimate of drug-likeness (QED) is 0.0144. The molecule has 0 unspecified atom stereocenters. The van der Waals surface area contributed by atoms with Crippen molar-refractivity contribution in [2.75, 3.05) is 127 Å². The Kier molecular flexibility index (Phi) is 31.0. The second-order valence-electron chi connectivity index (χ2n) is 30.9. The number of nitrogens with one attached hydrogen (secondary N) is 6. The molecule has 3 fully saturated rings. The molecule has 4 atom stereocenters.